The minimum absolute atomic E-state index is 0.437. The normalized spacial score (nSPS) is 19.6. The smallest absolute Gasteiger partial charge is 0.161 e. The van der Waals surface area contributed by atoms with Crippen molar-refractivity contribution in [1.82, 2.24) is 9.97 Å². The summed E-state index contributed by atoms with van der Waals surface area (Å²) >= 11 is 6.18. The predicted octanol–water partition coefficient (Wildman–Crippen LogP) is 4.45. The first kappa shape index (κ1) is 14.7. The molecular weight excluding hydrogens is 260 g/mol. The van der Waals surface area contributed by atoms with Gasteiger partial charge in [-0.3, -0.25) is 0 Å². The van der Waals surface area contributed by atoms with Gasteiger partial charge in [0, 0.05) is 18.2 Å². The summed E-state index contributed by atoms with van der Waals surface area (Å²) in [6.45, 7) is 6.78. The van der Waals surface area contributed by atoms with Crippen LogP contribution in [0, 0.1) is 0 Å². The summed E-state index contributed by atoms with van der Waals surface area (Å²) in [5.74, 6) is 1.27. The van der Waals surface area contributed by atoms with Crippen molar-refractivity contribution in [3.8, 4) is 0 Å². The van der Waals surface area contributed by atoms with Crippen LogP contribution in [0.15, 0.2) is 6.07 Å². The summed E-state index contributed by atoms with van der Waals surface area (Å²) in [6, 6.07) is 1.92. The molecule has 2 rings (SSSR count). The maximum absolute atomic E-state index is 6.18. The van der Waals surface area contributed by atoms with Gasteiger partial charge < -0.3 is 4.74 Å². The third-order valence-corrected chi connectivity index (χ3v) is 4.29. The second-order valence-electron chi connectivity index (χ2n) is 5.44. The van der Waals surface area contributed by atoms with E-state index in [-0.39, 0.29) is 0 Å². The number of hydrogen-bond acceptors (Lipinski definition) is 3. The SMILES string of the molecule is CCOC(C)(CC)c1nc(Cl)cc(C2CCCC2)n1. The molecule has 106 valence electrons. The molecule has 0 spiro atoms. The molecule has 0 radical (unpaired) electrons. The summed E-state index contributed by atoms with van der Waals surface area (Å²) in [7, 11) is 0. The van der Waals surface area contributed by atoms with Crippen LogP contribution in [0.1, 0.15) is 70.3 Å². The Morgan fingerprint density at radius 1 is 1.32 bits per heavy atom. The van der Waals surface area contributed by atoms with Gasteiger partial charge in [0.1, 0.15) is 10.8 Å². The van der Waals surface area contributed by atoms with Crippen LogP contribution in [-0.4, -0.2) is 16.6 Å². The largest absolute Gasteiger partial charge is 0.368 e. The zero-order chi connectivity index (χ0) is 13.9. The molecule has 4 heteroatoms. The molecule has 0 saturated heterocycles. The number of hydrogen-bond donors (Lipinski definition) is 0. The molecule has 1 aliphatic rings. The van der Waals surface area contributed by atoms with E-state index >= 15 is 0 Å². The van der Waals surface area contributed by atoms with Crippen molar-refractivity contribution in [2.24, 2.45) is 0 Å². The average Bonchev–Trinajstić information content (AvgIpc) is 2.92. The van der Waals surface area contributed by atoms with Gasteiger partial charge in [-0.05, 0) is 39.2 Å². The molecule has 1 aliphatic carbocycles. The highest BCUT2D eigenvalue weighted by Crippen LogP contribution is 2.35. The topological polar surface area (TPSA) is 35.0 Å². The first-order valence-electron chi connectivity index (χ1n) is 7.28. The molecule has 0 bridgehead atoms. The Morgan fingerprint density at radius 2 is 2.00 bits per heavy atom. The second kappa shape index (κ2) is 6.19. The van der Waals surface area contributed by atoms with Crippen molar-refractivity contribution < 1.29 is 4.74 Å². The van der Waals surface area contributed by atoms with Gasteiger partial charge in [-0.15, -0.1) is 0 Å². The number of ether oxygens (including phenoxy) is 1. The standard InChI is InChI=1S/C15H23ClN2O/c1-4-15(3,19-5-2)14-17-12(10-13(16)18-14)11-8-6-7-9-11/h10-11H,4-9H2,1-3H3. The highest BCUT2D eigenvalue weighted by atomic mass is 35.5. The summed E-state index contributed by atoms with van der Waals surface area (Å²) in [5, 5.41) is 0.534. The van der Waals surface area contributed by atoms with E-state index in [4.69, 9.17) is 21.3 Å². The van der Waals surface area contributed by atoms with Gasteiger partial charge in [0.2, 0.25) is 0 Å². The van der Waals surface area contributed by atoms with Gasteiger partial charge in [-0.2, -0.15) is 0 Å². The van der Waals surface area contributed by atoms with Crippen molar-refractivity contribution in [2.45, 2.75) is 64.4 Å². The summed E-state index contributed by atoms with van der Waals surface area (Å²) < 4.78 is 5.85. The van der Waals surface area contributed by atoms with E-state index in [1.165, 1.54) is 25.7 Å². The van der Waals surface area contributed by atoms with Crippen LogP contribution in [0.2, 0.25) is 5.15 Å². The number of rotatable bonds is 5. The zero-order valence-corrected chi connectivity index (χ0v) is 12.8. The van der Waals surface area contributed by atoms with Crippen molar-refractivity contribution in [1.29, 1.82) is 0 Å². The van der Waals surface area contributed by atoms with E-state index < -0.39 is 5.60 Å². The molecule has 1 unspecified atom stereocenters. The van der Waals surface area contributed by atoms with E-state index in [1.807, 2.05) is 19.9 Å². The van der Waals surface area contributed by atoms with Crippen LogP contribution >= 0.6 is 11.6 Å². The van der Waals surface area contributed by atoms with E-state index in [0.29, 0.717) is 17.7 Å². The van der Waals surface area contributed by atoms with Crippen LogP contribution in [-0.2, 0) is 10.3 Å². The minimum Gasteiger partial charge on any atom is -0.368 e. The lowest BCUT2D eigenvalue weighted by molar-refractivity contribution is -0.0392. The van der Waals surface area contributed by atoms with Gasteiger partial charge >= 0.3 is 0 Å². The fourth-order valence-electron chi connectivity index (χ4n) is 2.75. The number of aromatic nitrogens is 2. The monoisotopic (exact) mass is 282 g/mol. The van der Waals surface area contributed by atoms with Crippen LogP contribution < -0.4 is 0 Å². The third-order valence-electron chi connectivity index (χ3n) is 4.10. The van der Waals surface area contributed by atoms with Crippen molar-refractivity contribution in [3.05, 3.63) is 22.7 Å². The van der Waals surface area contributed by atoms with Gasteiger partial charge in [-0.1, -0.05) is 31.4 Å². The fraction of sp³-hybridized carbons (Fsp3) is 0.733. The first-order valence-corrected chi connectivity index (χ1v) is 7.65. The maximum Gasteiger partial charge on any atom is 0.161 e. The Balaban J connectivity index is 2.34. The molecule has 1 fully saturated rings. The lowest BCUT2D eigenvalue weighted by atomic mass is 10.00. The third kappa shape index (κ3) is 3.26. The number of nitrogens with zero attached hydrogens (tertiary/aromatic N) is 2. The molecule has 3 nitrogen and oxygen atoms in total. The van der Waals surface area contributed by atoms with Crippen LogP contribution in [0.3, 0.4) is 0 Å². The van der Waals surface area contributed by atoms with E-state index in [2.05, 4.69) is 11.9 Å². The summed E-state index contributed by atoms with van der Waals surface area (Å²) in [4.78, 5) is 9.15. The molecule has 0 aromatic carbocycles. The highest BCUT2D eigenvalue weighted by Gasteiger charge is 2.30. The highest BCUT2D eigenvalue weighted by molar-refractivity contribution is 6.29. The lowest BCUT2D eigenvalue weighted by Crippen LogP contribution is -2.28. The fourth-order valence-corrected chi connectivity index (χ4v) is 2.94. The molecule has 1 heterocycles. The Labute approximate surface area is 120 Å². The average molecular weight is 283 g/mol. The van der Waals surface area contributed by atoms with E-state index in [0.717, 1.165) is 17.9 Å². The summed E-state index contributed by atoms with van der Waals surface area (Å²) in [6.07, 6.45) is 5.84. The van der Waals surface area contributed by atoms with Gasteiger partial charge in [0.05, 0.1) is 0 Å². The second-order valence-corrected chi connectivity index (χ2v) is 5.83. The predicted molar refractivity (Wildman–Crippen MR) is 77.5 cm³/mol. The maximum atomic E-state index is 6.18. The molecule has 0 aliphatic heterocycles. The first-order chi connectivity index (χ1) is 9.09. The van der Waals surface area contributed by atoms with Crippen molar-refractivity contribution >= 4 is 11.6 Å². The Kier molecular flexibility index (Phi) is 4.80. The van der Waals surface area contributed by atoms with Crippen LogP contribution in [0.4, 0.5) is 0 Å². The summed E-state index contributed by atoms with van der Waals surface area (Å²) in [5.41, 5.74) is 0.652. The Morgan fingerprint density at radius 3 is 2.58 bits per heavy atom. The van der Waals surface area contributed by atoms with Crippen molar-refractivity contribution in [2.75, 3.05) is 6.61 Å². The quantitative estimate of drug-likeness (QED) is 0.749. The van der Waals surface area contributed by atoms with Gasteiger partial charge in [0.15, 0.2) is 5.82 Å². The molecule has 1 atom stereocenters. The van der Waals surface area contributed by atoms with Crippen LogP contribution in [0.5, 0.6) is 0 Å². The van der Waals surface area contributed by atoms with Gasteiger partial charge in [0.25, 0.3) is 0 Å². The molecule has 1 saturated carbocycles. The number of halogens is 1. The molecule has 1 aromatic heterocycles. The van der Waals surface area contributed by atoms with E-state index in [9.17, 15) is 0 Å². The Bertz CT molecular complexity index is 432. The zero-order valence-electron chi connectivity index (χ0n) is 12.1. The molecule has 1 aromatic rings. The molecular formula is C15H23ClN2O. The van der Waals surface area contributed by atoms with Crippen LogP contribution in [0.25, 0.3) is 0 Å². The molecule has 0 amide bonds. The molecule has 19 heavy (non-hydrogen) atoms. The van der Waals surface area contributed by atoms with Crippen molar-refractivity contribution in [3.63, 3.8) is 0 Å². The minimum atomic E-state index is -0.437. The van der Waals surface area contributed by atoms with Gasteiger partial charge in [-0.25, -0.2) is 9.97 Å². The molecule has 0 N–H and O–H groups in total. The van der Waals surface area contributed by atoms with E-state index in [1.54, 1.807) is 0 Å². The lowest BCUT2D eigenvalue weighted by Gasteiger charge is -2.27. The Hall–Kier alpha value is -0.670.